The predicted molar refractivity (Wildman–Crippen MR) is 77.8 cm³/mol. The SMILES string of the molecule is CC(C)C(C)S(=O)(=O)CCCn1cc(N)ccc1=O. The first-order valence-electron chi connectivity index (χ1n) is 6.41. The van der Waals surface area contributed by atoms with Crippen LogP contribution in [-0.2, 0) is 16.4 Å². The van der Waals surface area contributed by atoms with Crippen LogP contribution < -0.4 is 11.3 Å². The van der Waals surface area contributed by atoms with E-state index in [-0.39, 0.29) is 22.5 Å². The van der Waals surface area contributed by atoms with E-state index in [1.54, 1.807) is 13.1 Å². The van der Waals surface area contributed by atoms with Gasteiger partial charge in [0, 0.05) is 24.5 Å². The molecule has 6 heteroatoms. The zero-order chi connectivity index (χ0) is 14.6. The smallest absolute Gasteiger partial charge is 0.250 e. The second kappa shape index (κ2) is 6.23. The van der Waals surface area contributed by atoms with E-state index in [0.29, 0.717) is 18.7 Å². The molecule has 0 aliphatic heterocycles. The minimum atomic E-state index is -3.10. The number of aryl methyl sites for hydroxylation is 1. The maximum absolute atomic E-state index is 12.0. The summed E-state index contributed by atoms with van der Waals surface area (Å²) < 4.78 is 25.5. The molecule has 19 heavy (non-hydrogen) atoms. The number of sulfone groups is 1. The number of nitrogen functional groups attached to an aromatic ring is 1. The summed E-state index contributed by atoms with van der Waals surface area (Å²) in [6, 6.07) is 2.93. The Labute approximate surface area is 114 Å². The average molecular weight is 286 g/mol. The van der Waals surface area contributed by atoms with Crippen LogP contribution in [0.4, 0.5) is 5.69 Å². The van der Waals surface area contributed by atoms with Gasteiger partial charge in [0.15, 0.2) is 9.84 Å². The Morgan fingerprint density at radius 1 is 1.26 bits per heavy atom. The summed E-state index contributed by atoms with van der Waals surface area (Å²) in [7, 11) is -3.10. The molecule has 0 bridgehead atoms. The lowest BCUT2D eigenvalue weighted by Crippen LogP contribution is -2.27. The molecule has 0 saturated carbocycles. The number of pyridine rings is 1. The maximum atomic E-state index is 12.0. The van der Waals surface area contributed by atoms with E-state index in [0.717, 1.165) is 0 Å². The van der Waals surface area contributed by atoms with E-state index in [1.165, 1.54) is 16.7 Å². The second-order valence-corrected chi connectivity index (χ2v) is 7.64. The second-order valence-electron chi connectivity index (χ2n) is 5.16. The zero-order valence-electron chi connectivity index (χ0n) is 11.7. The fourth-order valence-electron chi connectivity index (χ4n) is 1.76. The van der Waals surface area contributed by atoms with Crippen molar-refractivity contribution in [2.75, 3.05) is 11.5 Å². The van der Waals surface area contributed by atoms with Gasteiger partial charge in [0.1, 0.15) is 0 Å². The van der Waals surface area contributed by atoms with E-state index in [4.69, 9.17) is 5.73 Å². The Morgan fingerprint density at radius 2 is 1.89 bits per heavy atom. The van der Waals surface area contributed by atoms with Crippen LogP contribution in [0.5, 0.6) is 0 Å². The molecule has 0 saturated heterocycles. The summed E-state index contributed by atoms with van der Waals surface area (Å²) in [6.45, 7) is 5.88. The summed E-state index contributed by atoms with van der Waals surface area (Å²) in [5, 5.41) is -0.356. The van der Waals surface area contributed by atoms with Crippen molar-refractivity contribution >= 4 is 15.5 Å². The van der Waals surface area contributed by atoms with Gasteiger partial charge in [0.2, 0.25) is 0 Å². The Balaban J connectivity index is 2.64. The van der Waals surface area contributed by atoms with Crippen LogP contribution in [0, 0.1) is 5.92 Å². The van der Waals surface area contributed by atoms with E-state index in [1.807, 2.05) is 13.8 Å². The first kappa shape index (κ1) is 15.8. The highest BCUT2D eigenvalue weighted by atomic mass is 32.2. The van der Waals surface area contributed by atoms with Gasteiger partial charge in [-0.1, -0.05) is 13.8 Å². The molecule has 0 aromatic carbocycles. The number of rotatable bonds is 6. The van der Waals surface area contributed by atoms with Gasteiger partial charge in [-0.2, -0.15) is 0 Å². The normalized spacial score (nSPS) is 13.7. The van der Waals surface area contributed by atoms with Crippen LogP contribution in [0.2, 0.25) is 0 Å². The highest BCUT2D eigenvalue weighted by Crippen LogP contribution is 2.13. The van der Waals surface area contributed by atoms with Crippen LogP contribution >= 0.6 is 0 Å². The van der Waals surface area contributed by atoms with Crippen molar-refractivity contribution in [2.45, 2.75) is 39.0 Å². The molecule has 1 unspecified atom stereocenters. The van der Waals surface area contributed by atoms with Gasteiger partial charge in [0.05, 0.1) is 11.0 Å². The molecular formula is C13H22N2O3S. The van der Waals surface area contributed by atoms with E-state index >= 15 is 0 Å². The predicted octanol–water partition coefficient (Wildman–Crippen LogP) is 1.28. The van der Waals surface area contributed by atoms with E-state index < -0.39 is 9.84 Å². The van der Waals surface area contributed by atoms with Crippen molar-refractivity contribution in [2.24, 2.45) is 5.92 Å². The highest BCUT2D eigenvalue weighted by Gasteiger charge is 2.23. The van der Waals surface area contributed by atoms with E-state index in [9.17, 15) is 13.2 Å². The molecule has 108 valence electrons. The molecular weight excluding hydrogens is 264 g/mol. The van der Waals surface area contributed by atoms with Crippen molar-refractivity contribution in [3.63, 3.8) is 0 Å². The molecule has 1 heterocycles. The standard InChI is InChI=1S/C13H22N2O3S/c1-10(2)11(3)19(17,18)8-4-7-15-9-12(14)5-6-13(15)16/h5-6,9-11H,4,7-8,14H2,1-3H3. The maximum Gasteiger partial charge on any atom is 0.250 e. The van der Waals surface area contributed by atoms with Crippen LogP contribution in [0.15, 0.2) is 23.1 Å². The van der Waals surface area contributed by atoms with E-state index in [2.05, 4.69) is 0 Å². The molecule has 0 aliphatic carbocycles. The van der Waals surface area contributed by atoms with Gasteiger partial charge in [-0.25, -0.2) is 8.42 Å². The quantitative estimate of drug-likeness (QED) is 0.854. The lowest BCUT2D eigenvalue weighted by molar-refractivity contribution is 0.539. The highest BCUT2D eigenvalue weighted by molar-refractivity contribution is 7.92. The minimum absolute atomic E-state index is 0.0909. The third kappa shape index (κ3) is 4.38. The molecule has 0 spiro atoms. The Kier molecular flexibility index (Phi) is 5.17. The number of anilines is 1. The van der Waals surface area contributed by atoms with Crippen LogP contribution in [0.25, 0.3) is 0 Å². The molecule has 1 rings (SSSR count). The topological polar surface area (TPSA) is 82.2 Å². The molecule has 0 fully saturated rings. The van der Waals surface area contributed by atoms with Crippen molar-refractivity contribution in [1.29, 1.82) is 0 Å². The lowest BCUT2D eigenvalue weighted by atomic mass is 10.2. The first-order chi connectivity index (χ1) is 8.74. The Morgan fingerprint density at radius 3 is 2.47 bits per heavy atom. The van der Waals surface area contributed by atoms with Crippen molar-refractivity contribution < 1.29 is 8.42 Å². The zero-order valence-corrected chi connectivity index (χ0v) is 12.5. The summed E-state index contributed by atoms with van der Waals surface area (Å²) in [6.07, 6.45) is 1.96. The van der Waals surface area contributed by atoms with Gasteiger partial charge in [0.25, 0.3) is 5.56 Å². The summed E-state index contributed by atoms with van der Waals surface area (Å²) in [4.78, 5) is 11.5. The molecule has 2 N–H and O–H groups in total. The minimum Gasteiger partial charge on any atom is -0.398 e. The summed E-state index contributed by atoms with van der Waals surface area (Å²) >= 11 is 0. The molecule has 0 amide bonds. The average Bonchev–Trinajstić information content (AvgIpc) is 2.32. The van der Waals surface area contributed by atoms with Gasteiger partial charge >= 0.3 is 0 Å². The molecule has 1 aromatic rings. The molecule has 0 radical (unpaired) electrons. The molecule has 5 nitrogen and oxygen atoms in total. The molecule has 0 aliphatic rings. The summed E-state index contributed by atoms with van der Waals surface area (Å²) in [5.74, 6) is 0.188. The largest absolute Gasteiger partial charge is 0.398 e. The van der Waals surface area contributed by atoms with Crippen LogP contribution in [-0.4, -0.2) is 24.0 Å². The lowest BCUT2D eigenvalue weighted by Gasteiger charge is -2.16. The number of nitrogens with zero attached hydrogens (tertiary/aromatic N) is 1. The van der Waals surface area contributed by atoms with Crippen LogP contribution in [0.1, 0.15) is 27.2 Å². The monoisotopic (exact) mass is 286 g/mol. The van der Waals surface area contributed by atoms with Gasteiger partial charge in [-0.3, -0.25) is 4.79 Å². The van der Waals surface area contributed by atoms with Gasteiger partial charge in [-0.05, 0) is 25.3 Å². The number of aromatic nitrogens is 1. The molecule has 1 atom stereocenters. The number of hydrogen-bond donors (Lipinski definition) is 1. The Hall–Kier alpha value is -1.30. The third-order valence-electron chi connectivity index (χ3n) is 3.34. The molecule has 1 aromatic heterocycles. The fourth-order valence-corrected chi connectivity index (χ4v) is 3.49. The number of nitrogens with two attached hydrogens (primary N) is 1. The van der Waals surface area contributed by atoms with Crippen molar-refractivity contribution in [1.82, 2.24) is 4.57 Å². The summed E-state index contributed by atoms with van der Waals surface area (Å²) in [5.41, 5.74) is 5.93. The van der Waals surface area contributed by atoms with Gasteiger partial charge in [-0.15, -0.1) is 0 Å². The fraction of sp³-hybridized carbons (Fsp3) is 0.615. The third-order valence-corrected chi connectivity index (χ3v) is 5.87. The van der Waals surface area contributed by atoms with Crippen molar-refractivity contribution in [3.05, 3.63) is 28.7 Å². The first-order valence-corrected chi connectivity index (χ1v) is 8.13. The Bertz CT molecular complexity index is 576. The number of hydrogen-bond acceptors (Lipinski definition) is 4. The van der Waals surface area contributed by atoms with Gasteiger partial charge < -0.3 is 10.3 Å². The van der Waals surface area contributed by atoms with Crippen LogP contribution in [0.3, 0.4) is 0 Å². The van der Waals surface area contributed by atoms with Crippen molar-refractivity contribution in [3.8, 4) is 0 Å².